The van der Waals surface area contributed by atoms with E-state index in [1.54, 1.807) is 0 Å². The standard InChI is InChI=1S/C19H20NSe.C11H20O2.Ir/c1-4-14(5-2)15-10-13(3)11-16(12-15)17-6-7-19-18(20-17)8-9-21-19;1-10(2,3)8(12)7-9(13)11(4,5)6;/h6-10,12,14H,4-5H2,1-3H3;7,12H,1-6H3;/q-1;;/b;8-7-;. The number of aromatic nitrogens is 1. The summed E-state index contributed by atoms with van der Waals surface area (Å²) in [5.41, 5.74) is 5.19. The number of carbonyl (C=O) groups is 1. The molecule has 1 N–H and O–H groups in total. The van der Waals surface area contributed by atoms with E-state index >= 15 is 0 Å². The van der Waals surface area contributed by atoms with Crippen molar-refractivity contribution in [2.75, 3.05) is 0 Å². The molecular formula is C30H40IrNO2Se-. The van der Waals surface area contributed by atoms with Gasteiger partial charge >= 0.3 is 133 Å². The summed E-state index contributed by atoms with van der Waals surface area (Å²) < 4.78 is 1.39. The number of benzene rings is 1. The average Bonchev–Trinajstić information content (AvgIpc) is 3.21. The van der Waals surface area contributed by atoms with Gasteiger partial charge in [-0.25, -0.2) is 0 Å². The number of nitrogens with zero attached hydrogens (tertiary/aromatic N) is 1. The van der Waals surface area contributed by atoms with E-state index < -0.39 is 5.41 Å². The summed E-state index contributed by atoms with van der Waals surface area (Å²) in [5.74, 6) is 0.738. The molecule has 0 aliphatic rings. The molecule has 193 valence electrons. The van der Waals surface area contributed by atoms with E-state index in [1.165, 1.54) is 34.3 Å². The molecular weight excluding hydrogens is 678 g/mol. The van der Waals surface area contributed by atoms with Gasteiger partial charge in [0.25, 0.3) is 0 Å². The van der Waals surface area contributed by atoms with Crippen LogP contribution in [0.25, 0.3) is 21.0 Å². The first-order chi connectivity index (χ1) is 15.8. The van der Waals surface area contributed by atoms with Crippen LogP contribution < -0.4 is 0 Å². The van der Waals surface area contributed by atoms with Crippen LogP contribution in [0.15, 0.2) is 47.1 Å². The van der Waals surface area contributed by atoms with E-state index in [9.17, 15) is 9.90 Å². The largest absolute Gasteiger partial charge is 0 e. The minimum Gasteiger partial charge on any atom is 0 e. The molecule has 0 aliphatic heterocycles. The van der Waals surface area contributed by atoms with Gasteiger partial charge in [0, 0.05) is 37.0 Å². The molecule has 0 spiro atoms. The predicted molar refractivity (Wildman–Crippen MR) is 146 cm³/mol. The summed E-state index contributed by atoms with van der Waals surface area (Å²) >= 11 is 0.470. The number of pyridine rings is 1. The van der Waals surface area contributed by atoms with Crippen molar-refractivity contribution in [1.82, 2.24) is 4.98 Å². The van der Waals surface area contributed by atoms with Gasteiger partial charge < -0.3 is 5.11 Å². The Hall–Kier alpha value is -1.51. The van der Waals surface area contributed by atoms with E-state index in [1.807, 2.05) is 41.5 Å². The molecule has 0 saturated heterocycles. The summed E-state index contributed by atoms with van der Waals surface area (Å²) in [7, 11) is 0. The number of hydrogen-bond donors (Lipinski definition) is 1. The van der Waals surface area contributed by atoms with Gasteiger partial charge in [-0.3, -0.25) is 4.79 Å². The van der Waals surface area contributed by atoms with Crippen LogP contribution >= 0.6 is 0 Å². The zero-order valence-electron chi connectivity index (χ0n) is 22.6. The smallest absolute Gasteiger partial charge is 0 e. The maximum atomic E-state index is 11.5. The van der Waals surface area contributed by atoms with E-state index in [0.29, 0.717) is 20.4 Å². The molecule has 0 unspecified atom stereocenters. The van der Waals surface area contributed by atoms with Gasteiger partial charge in [0.2, 0.25) is 0 Å². The number of carbonyl (C=O) groups excluding carboxylic acids is 1. The number of aryl methyl sites for hydroxylation is 1. The van der Waals surface area contributed by atoms with Gasteiger partial charge in [0.05, 0.1) is 0 Å². The fourth-order valence-electron chi connectivity index (χ4n) is 3.44. The summed E-state index contributed by atoms with van der Waals surface area (Å²) in [6.07, 6.45) is 3.70. The molecule has 2 heterocycles. The molecule has 1 aromatic carbocycles. The maximum absolute atomic E-state index is 11.5. The Morgan fingerprint density at radius 2 is 1.69 bits per heavy atom. The van der Waals surface area contributed by atoms with Crippen molar-refractivity contribution >= 4 is 30.1 Å². The number of aliphatic hydroxyl groups excluding tert-OH is 1. The Balaban J connectivity index is 0.000000383. The monoisotopic (exact) mass is 719 g/mol. The average molecular weight is 718 g/mol. The van der Waals surface area contributed by atoms with E-state index in [0.717, 1.165) is 16.8 Å². The molecule has 3 aromatic rings. The SMILES string of the molecule is CC(C)(C)C(=O)/C=C(\O)C(C)(C)C.CCC(CC)c1cc(C)[c-]c(-c2ccc3[se]ccc3n2)c1.[Ir]. The summed E-state index contributed by atoms with van der Waals surface area (Å²) in [4.78, 5) is 18.5. The van der Waals surface area contributed by atoms with Crippen LogP contribution in [0.1, 0.15) is 85.3 Å². The molecule has 1 radical (unpaired) electrons. The topological polar surface area (TPSA) is 50.2 Å². The van der Waals surface area contributed by atoms with Crippen molar-refractivity contribution < 1.29 is 30.0 Å². The second-order valence-corrected chi connectivity index (χ2v) is 12.9. The number of allylic oxidation sites excluding steroid dienone is 2. The summed E-state index contributed by atoms with van der Waals surface area (Å²) in [5, 5.41) is 9.56. The second kappa shape index (κ2) is 13.2. The number of ketones is 1. The second-order valence-electron chi connectivity index (χ2n) is 10.9. The molecule has 5 heteroatoms. The zero-order valence-corrected chi connectivity index (χ0v) is 26.7. The van der Waals surface area contributed by atoms with Crippen molar-refractivity contribution in [2.24, 2.45) is 10.8 Å². The molecule has 0 atom stereocenters. The van der Waals surface area contributed by atoms with Gasteiger partial charge in [-0.1, -0.05) is 41.5 Å². The first kappa shape index (κ1) is 31.5. The minimum absolute atomic E-state index is 0. The quantitative estimate of drug-likeness (QED) is 0.126. The Morgan fingerprint density at radius 1 is 1.06 bits per heavy atom. The first-order valence-electron chi connectivity index (χ1n) is 12.1. The number of rotatable bonds is 5. The molecule has 3 rings (SSSR count). The third-order valence-electron chi connectivity index (χ3n) is 5.84. The maximum Gasteiger partial charge on any atom is 0 e. The van der Waals surface area contributed by atoms with Gasteiger partial charge in [-0.2, -0.15) is 0 Å². The number of fused-ring (bicyclic) bond motifs is 1. The molecule has 2 aromatic heterocycles. The van der Waals surface area contributed by atoms with Crippen LogP contribution in [0.3, 0.4) is 0 Å². The van der Waals surface area contributed by atoms with Crippen LogP contribution in [0.2, 0.25) is 0 Å². The normalized spacial score (nSPS) is 12.2. The van der Waals surface area contributed by atoms with E-state index in [-0.39, 0.29) is 37.1 Å². The molecule has 35 heavy (non-hydrogen) atoms. The Bertz CT molecular complexity index is 1150. The van der Waals surface area contributed by atoms with Gasteiger partial charge in [-0.15, -0.1) is 0 Å². The van der Waals surface area contributed by atoms with Crippen LogP contribution in [-0.2, 0) is 24.9 Å². The first-order valence-corrected chi connectivity index (χ1v) is 13.9. The molecule has 0 fully saturated rings. The fourth-order valence-corrected chi connectivity index (χ4v) is 4.96. The molecule has 0 amide bonds. The van der Waals surface area contributed by atoms with Crippen LogP contribution in [-0.4, -0.2) is 30.4 Å². The van der Waals surface area contributed by atoms with Crippen molar-refractivity contribution in [2.45, 2.75) is 81.1 Å². The van der Waals surface area contributed by atoms with Crippen molar-refractivity contribution in [3.63, 3.8) is 0 Å². The third-order valence-corrected chi connectivity index (χ3v) is 7.67. The summed E-state index contributed by atoms with van der Waals surface area (Å²) in [6.45, 7) is 17.8. The van der Waals surface area contributed by atoms with Crippen LogP contribution in [0.4, 0.5) is 0 Å². The van der Waals surface area contributed by atoms with Gasteiger partial charge in [0.15, 0.2) is 5.78 Å². The van der Waals surface area contributed by atoms with Crippen molar-refractivity contribution in [1.29, 1.82) is 0 Å². The molecule has 0 bridgehead atoms. The Kier molecular flexibility index (Phi) is 11.8. The molecule has 0 aliphatic carbocycles. The summed E-state index contributed by atoms with van der Waals surface area (Å²) in [6, 6.07) is 14.6. The number of aliphatic hydroxyl groups is 1. The fraction of sp³-hybridized carbons (Fsp3) is 0.467. The van der Waals surface area contributed by atoms with Crippen molar-refractivity contribution in [3.05, 3.63) is 64.3 Å². The van der Waals surface area contributed by atoms with E-state index in [2.05, 4.69) is 62.1 Å². The molecule has 0 saturated carbocycles. The minimum atomic E-state index is -0.417. The van der Waals surface area contributed by atoms with Crippen molar-refractivity contribution in [3.8, 4) is 11.3 Å². The van der Waals surface area contributed by atoms with Gasteiger partial charge in [0.1, 0.15) is 5.76 Å². The predicted octanol–water partition coefficient (Wildman–Crippen LogP) is 8.06. The Labute approximate surface area is 231 Å². The van der Waals surface area contributed by atoms with Crippen LogP contribution in [0.5, 0.6) is 0 Å². The molecule has 3 nitrogen and oxygen atoms in total. The number of hydrogen-bond acceptors (Lipinski definition) is 3. The van der Waals surface area contributed by atoms with E-state index in [4.69, 9.17) is 4.98 Å². The van der Waals surface area contributed by atoms with Crippen LogP contribution in [0, 0.1) is 23.8 Å². The zero-order chi connectivity index (χ0) is 25.7. The third kappa shape index (κ3) is 9.14. The Morgan fingerprint density at radius 3 is 2.23 bits per heavy atom. The van der Waals surface area contributed by atoms with Gasteiger partial charge in [-0.05, 0) is 0 Å².